The molecule has 1 aromatic heterocycles. The fourth-order valence-corrected chi connectivity index (χ4v) is 6.11. The minimum Gasteiger partial charge on any atom is -0.293 e. The normalized spacial score (nSPS) is 11.6. The van der Waals surface area contributed by atoms with Gasteiger partial charge in [0.05, 0.1) is 13.3 Å². The number of thiophene rings is 1. The molecule has 7 heteroatoms. The van der Waals surface area contributed by atoms with Crippen LogP contribution in [0, 0.1) is 6.92 Å². The van der Waals surface area contributed by atoms with Crippen molar-refractivity contribution in [2.24, 2.45) is 0 Å². The molecular weight excluding hydrogens is 440 g/mol. The van der Waals surface area contributed by atoms with Crippen molar-refractivity contribution in [3.05, 3.63) is 54.6 Å². The first-order chi connectivity index (χ1) is 9.77. The molecule has 1 aromatic carbocycles. The van der Waals surface area contributed by atoms with Crippen molar-refractivity contribution in [3.63, 3.8) is 0 Å². The average molecular weight is 452 g/mol. The maximum atomic E-state index is 12.2. The van der Waals surface area contributed by atoms with Crippen molar-refractivity contribution in [2.45, 2.75) is 12.7 Å². The lowest BCUT2D eigenvalue weighted by molar-refractivity contribution is 0.102. The zero-order valence-electron chi connectivity index (χ0n) is 11.1. The van der Waals surface area contributed by atoms with Crippen LogP contribution < -0.4 is 0 Å². The highest BCUT2D eigenvalue weighted by atomic mass is 79.9. The lowest BCUT2D eigenvalue weighted by Crippen LogP contribution is -2.17. The predicted octanol–water partition coefficient (Wildman–Crippen LogP) is 4.38. The van der Waals surface area contributed by atoms with Crippen LogP contribution in [0.1, 0.15) is 21.5 Å². The van der Waals surface area contributed by atoms with Gasteiger partial charge in [-0.3, -0.25) is 4.79 Å². The standard InChI is InChI=1S/C14H12Br2O3S2/c1-9-3-2-4-10(5-9)7-21(18,19)8-12(17)11-6-13(15)20-14(11)16/h2-6H,7-8H2,1H3. The summed E-state index contributed by atoms with van der Waals surface area (Å²) in [5, 5.41) is 0. The maximum absolute atomic E-state index is 12.2. The van der Waals surface area contributed by atoms with Crippen LogP contribution in [-0.2, 0) is 15.6 Å². The Labute approximate surface area is 144 Å². The van der Waals surface area contributed by atoms with E-state index in [2.05, 4.69) is 31.9 Å². The second-order valence-corrected chi connectivity index (χ2v) is 10.5. The molecule has 1 heterocycles. The number of halogens is 2. The second kappa shape index (κ2) is 6.73. The molecule has 0 amide bonds. The molecule has 0 saturated carbocycles. The summed E-state index contributed by atoms with van der Waals surface area (Å²) in [5.41, 5.74) is 2.10. The number of hydrogen-bond acceptors (Lipinski definition) is 4. The van der Waals surface area contributed by atoms with Crippen LogP contribution in [0.3, 0.4) is 0 Å². The Morgan fingerprint density at radius 1 is 1.24 bits per heavy atom. The fraction of sp³-hybridized carbons (Fsp3) is 0.214. The van der Waals surface area contributed by atoms with Crippen molar-refractivity contribution >= 4 is 58.8 Å². The number of rotatable bonds is 5. The van der Waals surface area contributed by atoms with Crippen LogP contribution in [0.25, 0.3) is 0 Å². The smallest absolute Gasteiger partial charge is 0.179 e. The van der Waals surface area contributed by atoms with Gasteiger partial charge in [0.25, 0.3) is 0 Å². The molecule has 0 aliphatic carbocycles. The molecule has 0 aliphatic rings. The maximum Gasteiger partial charge on any atom is 0.179 e. The van der Waals surface area contributed by atoms with Gasteiger partial charge in [-0.2, -0.15) is 0 Å². The van der Waals surface area contributed by atoms with E-state index in [9.17, 15) is 13.2 Å². The van der Waals surface area contributed by atoms with Crippen LogP contribution >= 0.6 is 43.2 Å². The molecule has 0 N–H and O–H groups in total. The molecule has 0 unspecified atom stereocenters. The summed E-state index contributed by atoms with van der Waals surface area (Å²) < 4.78 is 25.8. The molecule has 0 radical (unpaired) electrons. The molecule has 21 heavy (non-hydrogen) atoms. The summed E-state index contributed by atoms with van der Waals surface area (Å²) in [6, 6.07) is 8.93. The van der Waals surface area contributed by atoms with Crippen molar-refractivity contribution in [1.82, 2.24) is 0 Å². The van der Waals surface area contributed by atoms with Gasteiger partial charge in [0.15, 0.2) is 15.6 Å². The average Bonchev–Trinajstić information content (AvgIpc) is 2.67. The zero-order chi connectivity index (χ0) is 15.6. The minimum absolute atomic E-state index is 0.122. The number of aryl methyl sites for hydroxylation is 1. The summed E-state index contributed by atoms with van der Waals surface area (Å²) in [5.74, 6) is -0.997. The zero-order valence-corrected chi connectivity index (χ0v) is 15.9. The summed E-state index contributed by atoms with van der Waals surface area (Å²) in [7, 11) is -3.49. The number of Topliss-reactive ketones (excluding diaryl/α,β-unsaturated/α-hetero) is 1. The van der Waals surface area contributed by atoms with Gasteiger partial charge in [-0.25, -0.2) is 8.42 Å². The summed E-state index contributed by atoms with van der Waals surface area (Å²) >= 11 is 7.90. The lowest BCUT2D eigenvalue weighted by atomic mass is 10.2. The highest BCUT2D eigenvalue weighted by Crippen LogP contribution is 2.32. The number of ketones is 1. The molecular formula is C14H12Br2O3S2. The van der Waals surface area contributed by atoms with E-state index in [-0.39, 0.29) is 5.75 Å². The Morgan fingerprint density at radius 3 is 2.52 bits per heavy atom. The van der Waals surface area contributed by atoms with E-state index < -0.39 is 21.4 Å². The third kappa shape index (κ3) is 4.74. The van der Waals surface area contributed by atoms with E-state index in [0.29, 0.717) is 14.9 Å². The van der Waals surface area contributed by atoms with Gasteiger partial charge in [-0.15, -0.1) is 11.3 Å². The Morgan fingerprint density at radius 2 is 1.95 bits per heavy atom. The van der Waals surface area contributed by atoms with Gasteiger partial charge in [0.2, 0.25) is 0 Å². The van der Waals surface area contributed by atoms with Crippen LogP contribution in [0.2, 0.25) is 0 Å². The first kappa shape index (κ1) is 16.9. The largest absolute Gasteiger partial charge is 0.293 e. The molecule has 0 aliphatic heterocycles. The Hall–Kier alpha value is -0.500. The topological polar surface area (TPSA) is 51.2 Å². The molecule has 0 atom stereocenters. The van der Waals surface area contributed by atoms with Crippen molar-refractivity contribution in [2.75, 3.05) is 5.75 Å². The fourth-order valence-electron chi connectivity index (χ4n) is 1.91. The summed E-state index contributed by atoms with van der Waals surface area (Å²) in [6.45, 7) is 1.90. The Balaban J connectivity index is 2.14. The third-order valence-electron chi connectivity index (χ3n) is 2.78. The molecule has 0 saturated heterocycles. The third-order valence-corrected chi connectivity index (χ3v) is 6.59. The quantitative estimate of drug-likeness (QED) is 0.633. The van der Waals surface area contributed by atoms with Crippen LogP contribution in [0.15, 0.2) is 37.9 Å². The van der Waals surface area contributed by atoms with E-state index in [1.807, 2.05) is 25.1 Å². The van der Waals surface area contributed by atoms with Gasteiger partial charge in [0, 0.05) is 5.56 Å². The van der Waals surface area contributed by atoms with Crippen LogP contribution in [0.4, 0.5) is 0 Å². The number of carbonyl (C=O) groups excluding carboxylic acids is 1. The molecule has 2 aromatic rings. The monoisotopic (exact) mass is 450 g/mol. The van der Waals surface area contributed by atoms with E-state index in [0.717, 1.165) is 9.35 Å². The number of carbonyl (C=O) groups is 1. The van der Waals surface area contributed by atoms with E-state index >= 15 is 0 Å². The van der Waals surface area contributed by atoms with Gasteiger partial charge in [-0.05, 0) is 50.4 Å². The minimum atomic E-state index is -3.49. The first-order valence-corrected chi connectivity index (χ1v) is 10.2. The van der Waals surface area contributed by atoms with Crippen LogP contribution in [-0.4, -0.2) is 20.0 Å². The van der Waals surface area contributed by atoms with Crippen molar-refractivity contribution in [3.8, 4) is 0 Å². The van der Waals surface area contributed by atoms with Gasteiger partial charge in [0.1, 0.15) is 5.75 Å². The summed E-state index contributed by atoms with van der Waals surface area (Å²) in [4.78, 5) is 12.1. The molecule has 0 fully saturated rings. The molecule has 0 bridgehead atoms. The van der Waals surface area contributed by atoms with Crippen molar-refractivity contribution in [1.29, 1.82) is 0 Å². The Bertz CT molecular complexity index is 779. The van der Waals surface area contributed by atoms with Gasteiger partial charge < -0.3 is 0 Å². The lowest BCUT2D eigenvalue weighted by Gasteiger charge is -2.05. The molecule has 0 spiro atoms. The van der Waals surface area contributed by atoms with Gasteiger partial charge in [-0.1, -0.05) is 29.8 Å². The van der Waals surface area contributed by atoms with E-state index in [1.165, 1.54) is 11.3 Å². The number of sulfone groups is 1. The molecule has 2 rings (SSSR count). The second-order valence-electron chi connectivity index (χ2n) is 4.68. The van der Waals surface area contributed by atoms with Crippen LogP contribution in [0.5, 0.6) is 0 Å². The SMILES string of the molecule is Cc1cccc(CS(=O)(=O)CC(=O)c2cc(Br)sc2Br)c1. The predicted molar refractivity (Wildman–Crippen MR) is 92.7 cm³/mol. The highest BCUT2D eigenvalue weighted by molar-refractivity contribution is 9.12. The van der Waals surface area contributed by atoms with Crippen molar-refractivity contribution < 1.29 is 13.2 Å². The Kier molecular flexibility index (Phi) is 5.40. The molecule has 112 valence electrons. The summed E-state index contributed by atoms with van der Waals surface area (Å²) in [6.07, 6.45) is 0. The molecule has 3 nitrogen and oxygen atoms in total. The van der Waals surface area contributed by atoms with E-state index in [1.54, 1.807) is 12.1 Å². The number of benzene rings is 1. The highest BCUT2D eigenvalue weighted by Gasteiger charge is 2.21. The first-order valence-electron chi connectivity index (χ1n) is 6.01. The van der Waals surface area contributed by atoms with Gasteiger partial charge >= 0.3 is 0 Å². The van der Waals surface area contributed by atoms with E-state index in [4.69, 9.17) is 0 Å². The number of hydrogen-bond donors (Lipinski definition) is 0.